The molecule has 13 rings (SSSR count). The molecule has 1 heterocycles. The smallest absolute Gasteiger partial charge is 0.0720 e. The molecule has 0 aliphatic heterocycles. The molecule has 2 atom stereocenters. The number of benzene rings is 9. The lowest BCUT2D eigenvalue weighted by Gasteiger charge is -2.50. The van der Waals surface area contributed by atoms with Crippen LogP contribution < -0.4 is 0 Å². The van der Waals surface area contributed by atoms with E-state index in [4.69, 9.17) is 0 Å². The normalized spacial score (nSPS) is 18.5. The first-order valence-electron chi connectivity index (χ1n) is 21.7. The van der Waals surface area contributed by atoms with Gasteiger partial charge in [0.25, 0.3) is 0 Å². The zero-order valence-electron chi connectivity index (χ0n) is 33.7. The summed E-state index contributed by atoms with van der Waals surface area (Å²) >= 11 is 0. The van der Waals surface area contributed by atoms with Gasteiger partial charge in [-0.1, -0.05) is 206 Å². The summed E-state index contributed by atoms with van der Waals surface area (Å²) in [5.41, 5.74) is 18.8. The number of rotatable bonds is 5. The van der Waals surface area contributed by atoms with Crippen molar-refractivity contribution >= 4 is 32.6 Å². The molecule has 0 amide bonds. The van der Waals surface area contributed by atoms with Gasteiger partial charge in [0.05, 0.1) is 21.9 Å². The quantitative estimate of drug-likeness (QED) is 0.164. The molecule has 2 unspecified atom stereocenters. The maximum absolute atomic E-state index is 2.45. The van der Waals surface area contributed by atoms with Gasteiger partial charge in [0, 0.05) is 21.8 Å². The minimum absolute atomic E-state index is 0.442. The van der Waals surface area contributed by atoms with Crippen molar-refractivity contribution in [1.29, 1.82) is 0 Å². The molecule has 0 radical (unpaired) electrons. The molecule has 0 bridgehead atoms. The van der Waals surface area contributed by atoms with E-state index in [9.17, 15) is 0 Å². The summed E-state index contributed by atoms with van der Waals surface area (Å²) < 4.78 is 2.45. The van der Waals surface area contributed by atoms with Crippen molar-refractivity contribution in [3.05, 3.63) is 269 Å². The van der Waals surface area contributed by atoms with Gasteiger partial charge in [0.1, 0.15) is 0 Å². The molecule has 10 aromatic rings. The third-order valence-corrected chi connectivity index (χ3v) is 14.2. The van der Waals surface area contributed by atoms with Gasteiger partial charge in [0.15, 0.2) is 0 Å². The Morgan fingerprint density at radius 1 is 0.410 bits per heavy atom. The molecule has 1 heteroatoms. The maximum atomic E-state index is 2.45. The summed E-state index contributed by atoms with van der Waals surface area (Å²) in [4.78, 5) is 0. The highest BCUT2D eigenvalue weighted by Gasteiger charge is 2.57. The largest absolute Gasteiger partial charge is 0.309 e. The Morgan fingerprint density at radius 3 is 1.79 bits per heavy atom. The van der Waals surface area contributed by atoms with Crippen molar-refractivity contribution in [2.24, 2.45) is 0 Å². The molecule has 3 aliphatic rings. The number of para-hydroxylation sites is 2. The minimum Gasteiger partial charge on any atom is -0.309 e. The van der Waals surface area contributed by atoms with Crippen molar-refractivity contribution in [2.75, 3.05) is 0 Å². The van der Waals surface area contributed by atoms with Crippen LogP contribution in [-0.4, -0.2) is 4.57 Å². The van der Waals surface area contributed by atoms with Crippen LogP contribution in [0.1, 0.15) is 51.8 Å². The van der Waals surface area contributed by atoms with E-state index in [0.29, 0.717) is 0 Å². The Labute approximate surface area is 356 Å². The van der Waals surface area contributed by atoms with Crippen LogP contribution in [0.15, 0.2) is 230 Å². The molecule has 9 aromatic carbocycles. The number of allylic oxidation sites excluding steroid dienone is 4. The molecular weight excluding hydrogens is 735 g/mol. The van der Waals surface area contributed by atoms with Gasteiger partial charge in [-0.05, 0) is 104 Å². The Morgan fingerprint density at radius 2 is 1.02 bits per heavy atom. The van der Waals surface area contributed by atoms with E-state index in [-0.39, 0.29) is 0 Å². The van der Waals surface area contributed by atoms with Crippen LogP contribution >= 0.6 is 0 Å². The fourth-order valence-electron chi connectivity index (χ4n) is 11.9. The summed E-state index contributed by atoms with van der Waals surface area (Å²) in [6.07, 6.45) is 9.06. The second kappa shape index (κ2) is 13.0. The van der Waals surface area contributed by atoms with Crippen LogP contribution in [0.25, 0.3) is 60.5 Å². The standard InChI is InChI=1S/C60H41N/c1-4-19-41(20-5-1)59(53-31-15-16-32-54(53)60(42-21-6-2-7-22-42)52-30-14-12-26-46(52)48-29-18-33-55(59)57(48)60)43-37-35-40(36-38-43)50-39-51-47-27-13-17-34-56(47)61(44-23-8-3-9-24-44)58(51)49-28-11-10-25-45(49)50/h1-4,6-19,21-39H,5,20H2. The molecule has 0 spiro atoms. The number of fused-ring (bicyclic) bond motifs is 10. The molecule has 61 heavy (non-hydrogen) atoms. The summed E-state index contributed by atoms with van der Waals surface area (Å²) in [6, 6.07) is 77.8. The number of hydrogen-bond acceptors (Lipinski definition) is 0. The third kappa shape index (κ3) is 4.50. The highest BCUT2D eigenvalue weighted by molar-refractivity contribution is 6.22. The molecule has 286 valence electrons. The van der Waals surface area contributed by atoms with E-state index in [0.717, 1.165) is 12.8 Å². The van der Waals surface area contributed by atoms with Crippen LogP contribution in [0.5, 0.6) is 0 Å². The Kier molecular flexibility index (Phi) is 7.33. The summed E-state index contributed by atoms with van der Waals surface area (Å²) in [5.74, 6) is 0. The molecular formula is C60H41N. The van der Waals surface area contributed by atoms with Gasteiger partial charge in [-0.25, -0.2) is 0 Å². The lowest BCUT2D eigenvalue weighted by Crippen LogP contribution is -2.44. The van der Waals surface area contributed by atoms with Crippen LogP contribution in [0.2, 0.25) is 0 Å². The summed E-state index contributed by atoms with van der Waals surface area (Å²) in [5, 5.41) is 5.05. The SMILES string of the molecule is C1=CCCC(C2(c3ccc(-c4cc5c6ccccc6n(-c6ccccc6)c5c5ccccc45)cc3)c3ccccc3C3(c4ccccc4)c4ccccc4-c4cccc2c43)=C1. The molecule has 3 aliphatic carbocycles. The van der Waals surface area contributed by atoms with Crippen LogP contribution in [0.4, 0.5) is 0 Å². The van der Waals surface area contributed by atoms with Crippen LogP contribution in [-0.2, 0) is 10.8 Å². The van der Waals surface area contributed by atoms with E-state index >= 15 is 0 Å². The molecule has 1 aromatic heterocycles. The first-order valence-corrected chi connectivity index (χ1v) is 21.7. The van der Waals surface area contributed by atoms with Crippen LogP contribution in [0, 0.1) is 0 Å². The number of aromatic nitrogens is 1. The number of nitrogens with zero attached hydrogens (tertiary/aromatic N) is 1. The monoisotopic (exact) mass is 775 g/mol. The fourth-order valence-corrected chi connectivity index (χ4v) is 11.9. The number of hydrogen-bond donors (Lipinski definition) is 0. The maximum Gasteiger partial charge on any atom is 0.0720 e. The molecule has 0 fully saturated rings. The Balaban J connectivity index is 1.09. The van der Waals surface area contributed by atoms with Crippen molar-refractivity contribution in [1.82, 2.24) is 4.57 Å². The van der Waals surface area contributed by atoms with Gasteiger partial charge < -0.3 is 4.57 Å². The predicted molar refractivity (Wildman–Crippen MR) is 254 cm³/mol. The van der Waals surface area contributed by atoms with Gasteiger partial charge in [0.2, 0.25) is 0 Å². The third-order valence-electron chi connectivity index (χ3n) is 14.2. The molecule has 1 nitrogen and oxygen atoms in total. The molecule has 0 saturated heterocycles. The lowest BCUT2D eigenvalue weighted by molar-refractivity contribution is 0.598. The van der Waals surface area contributed by atoms with Gasteiger partial charge in [-0.2, -0.15) is 0 Å². The zero-order valence-corrected chi connectivity index (χ0v) is 33.7. The van der Waals surface area contributed by atoms with Gasteiger partial charge >= 0.3 is 0 Å². The van der Waals surface area contributed by atoms with E-state index in [1.54, 1.807) is 0 Å². The van der Waals surface area contributed by atoms with Crippen LogP contribution in [0.3, 0.4) is 0 Å². The van der Waals surface area contributed by atoms with Crippen molar-refractivity contribution in [2.45, 2.75) is 23.7 Å². The molecule has 0 N–H and O–H groups in total. The summed E-state index contributed by atoms with van der Waals surface area (Å²) in [6.45, 7) is 0. The van der Waals surface area contributed by atoms with E-state index < -0.39 is 10.8 Å². The van der Waals surface area contributed by atoms with E-state index in [2.05, 4.69) is 229 Å². The first-order chi connectivity index (χ1) is 30.3. The van der Waals surface area contributed by atoms with Gasteiger partial charge in [-0.15, -0.1) is 0 Å². The minimum atomic E-state index is -0.499. The second-order valence-corrected chi connectivity index (χ2v) is 17.0. The average Bonchev–Trinajstić information content (AvgIpc) is 3.85. The highest BCUT2D eigenvalue weighted by Crippen LogP contribution is 2.66. The van der Waals surface area contributed by atoms with Crippen molar-refractivity contribution in [3.63, 3.8) is 0 Å². The zero-order chi connectivity index (χ0) is 40.1. The van der Waals surface area contributed by atoms with E-state index in [1.807, 2.05) is 0 Å². The van der Waals surface area contributed by atoms with Gasteiger partial charge in [-0.3, -0.25) is 0 Å². The first kappa shape index (κ1) is 34.4. The van der Waals surface area contributed by atoms with E-state index in [1.165, 1.54) is 105 Å². The lowest BCUT2D eigenvalue weighted by atomic mass is 9.51. The fraction of sp³-hybridized carbons (Fsp3) is 0.0667. The van der Waals surface area contributed by atoms with Crippen molar-refractivity contribution in [3.8, 4) is 27.9 Å². The Bertz CT molecular complexity index is 3460. The topological polar surface area (TPSA) is 4.93 Å². The highest BCUT2D eigenvalue weighted by atomic mass is 15.0. The Hall–Kier alpha value is -7.48. The predicted octanol–water partition coefficient (Wildman–Crippen LogP) is 14.9. The van der Waals surface area contributed by atoms with Crippen molar-refractivity contribution < 1.29 is 0 Å². The second-order valence-electron chi connectivity index (χ2n) is 17.0. The molecule has 0 saturated carbocycles. The summed E-state index contributed by atoms with van der Waals surface area (Å²) in [7, 11) is 0. The average molecular weight is 776 g/mol.